The van der Waals surface area contributed by atoms with Crippen LogP contribution in [-0.2, 0) is 16.1 Å². The molecular weight excluding hydrogens is 334 g/mol. The summed E-state index contributed by atoms with van der Waals surface area (Å²) >= 11 is 5.17. The number of aromatic nitrogens is 1. The number of thiocarbonyl (C=S) groups is 1. The monoisotopic (exact) mass is 353 g/mol. The zero-order valence-corrected chi connectivity index (χ0v) is 14.8. The molecule has 0 atom stereocenters. The van der Waals surface area contributed by atoms with Crippen molar-refractivity contribution in [2.24, 2.45) is 0 Å². The van der Waals surface area contributed by atoms with Crippen LogP contribution in [-0.4, -0.2) is 32.4 Å². The van der Waals surface area contributed by atoms with Gasteiger partial charge in [0.05, 0.1) is 0 Å². The van der Waals surface area contributed by atoms with Crippen LogP contribution in [0.25, 0.3) is 17.0 Å². The number of para-hydroxylation sites is 1. The van der Waals surface area contributed by atoms with Gasteiger partial charge in [0.1, 0.15) is 5.57 Å². The highest BCUT2D eigenvalue weighted by Crippen LogP contribution is 2.31. The van der Waals surface area contributed by atoms with Gasteiger partial charge in [-0.1, -0.05) is 25.1 Å². The third-order valence-electron chi connectivity index (χ3n) is 4.63. The van der Waals surface area contributed by atoms with Crippen LogP contribution in [0.5, 0.6) is 0 Å². The summed E-state index contributed by atoms with van der Waals surface area (Å²) in [6.07, 6.45) is 6.59. The Bertz CT molecular complexity index is 924. The number of rotatable bonds is 4. The molecule has 6 heteroatoms. The van der Waals surface area contributed by atoms with Crippen molar-refractivity contribution in [3.63, 3.8) is 0 Å². The first-order chi connectivity index (χ1) is 12.1. The Hall–Kier alpha value is -2.47. The molecule has 2 aliphatic rings. The fourth-order valence-electron chi connectivity index (χ4n) is 3.31. The van der Waals surface area contributed by atoms with Crippen molar-refractivity contribution in [2.75, 3.05) is 0 Å². The molecule has 128 valence electrons. The van der Waals surface area contributed by atoms with Gasteiger partial charge in [-0.05, 0) is 43.6 Å². The molecule has 1 aromatic heterocycles. The summed E-state index contributed by atoms with van der Waals surface area (Å²) in [5.41, 5.74) is 2.14. The SMILES string of the molecule is CCCn1cc(/C=C2/C(=O)NC(=S)N(C3CC3)C2=O)c2ccccc21. The lowest BCUT2D eigenvalue weighted by Gasteiger charge is -2.28. The van der Waals surface area contributed by atoms with Crippen molar-refractivity contribution in [1.29, 1.82) is 0 Å². The van der Waals surface area contributed by atoms with E-state index < -0.39 is 5.91 Å². The Morgan fingerprint density at radius 3 is 2.76 bits per heavy atom. The Morgan fingerprint density at radius 1 is 1.28 bits per heavy atom. The number of benzene rings is 1. The third kappa shape index (κ3) is 2.76. The molecule has 1 N–H and O–H groups in total. The van der Waals surface area contributed by atoms with Crippen LogP contribution in [0, 0.1) is 0 Å². The number of nitrogens with one attached hydrogen (secondary N) is 1. The van der Waals surface area contributed by atoms with E-state index in [1.165, 1.54) is 0 Å². The van der Waals surface area contributed by atoms with E-state index in [-0.39, 0.29) is 22.6 Å². The predicted octanol–water partition coefficient (Wildman–Crippen LogP) is 2.84. The molecule has 25 heavy (non-hydrogen) atoms. The molecule has 1 saturated heterocycles. The van der Waals surface area contributed by atoms with Crippen LogP contribution in [0.15, 0.2) is 36.0 Å². The Kier molecular flexibility index (Phi) is 3.92. The number of aryl methyl sites for hydroxylation is 1. The lowest BCUT2D eigenvalue weighted by atomic mass is 10.1. The van der Waals surface area contributed by atoms with Crippen LogP contribution >= 0.6 is 12.2 Å². The summed E-state index contributed by atoms with van der Waals surface area (Å²) in [5, 5.41) is 3.92. The zero-order valence-electron chi connectivity index (χ0n) is 14.0. The number of carbonyl (C=O) groups is 2. The number of fused-ring (bicyclic) bond motifs is 1. The predicted molar refractivity (Wildman–Crippen MR) is 101 cm³/mol. The Labute approximate surface area is 151 Å². The molecule has 1 aromatic carbocycles. The molecule has 1 aliphatic heterocycles. The first-order valence-electron chi connectivity index (χ1n) is 8.58. The van der Waals surface area contributed by atoms with Crippen molar-refractivity contribution < 1.29 is 9.59 Å². The van der Waals surface area contributed by atoms with Crippen molar-refractivity contribution >= 4 is 46.1 Å². The highest BCUT2D eigenvalue weighted by molar-refractivity contribution is 7.80. The Balaban J connectivity index is 1.79. The molecule has 4 rings (SSSR count). The molecule has 0 radical (unpaired) electrons. The smallest absolute Gasteiger partial charge is 0.265 e. The van der Waals surface area contributed by atoms with Gasteiger partial charge in [0.2, 0.25) is 0 Å². The zero-order chi connectivity index (χ0) is 17.6. The molecule has 2 amide bonds. The highest BCUT2D eigenvalue weighted by Gasteiger charge is 2.42. The molecular formula is C19H19N3O2S. The van der Waals surface area contributed by atoms with Gasteiger partial charge in [0.15, 0.2) is 5.11 Å². The minimum absolute atomic E-state index is 0.130. The van der Waals surface area contributed by atoms with E-state index in [0.717, 1.165) is 42.3 Å². The maximum absolute atomic E-state index is 12.8. The van der Waals surface area contributed by atoms with E-state index in [2.05, 4.69) is 22.9 Å². The molecule has 1 saturated carbocycles. The van der Waals surface area contributed by atoms with Gasteiger partial charge in [-0.2, -0.15) is 0 Å². The molecule has 2 aromatic rings. The lowest BCUT2D eigenvalue weighted by Crippen LogP contribution is -2.54. The van der Waals surface area contributed by atoms with Crippen molar-refractivity contribution in [3.8, 4) is 0 Å². The van der Waals surface area contributed by atoms with Gasteiger partial charge in [0.25, 0.3) is 11.8 Å². The quantitative estimate of drug-likeness (QED) is 0.522. The summed E-state index contributed by atoms with van der Waals surface area (Å²) < 4.78 is 2.16. The second-order valence-electron chi connectivity index (χ2n) is 6.52. The van der Waals surface area contributed by atoms with Crippen LogP contribution in [0.4, 0.5) is 0 Å². The van der Waals surface area contributed by atoms with Crippen LogP contribution in [0.3, 0.4) is 0 Å². The number of nitrogens with zero attached hydrogens (tertiary/aromatic N) is 2. The first-order valence-corrected chi connectivity index (χ1v) is 8.99. The van der Waals surface area contributed by atoms with Gasteiger partial charge < -0.3 is 4.57 Å². The average Bonchev–Trinajstić information content (AvgIpc) is 3.35. The largest absolute Gasteiger partial charge is 0.347 e. The summed E-state index contributed by atoms with van der Waals surface area (Å²) in [6.45, 7) is 3.02. The molecule has 5 nitrogen and oxygen atoms in total. The topological polar surface area (TPSA) is 54.3 Å². The van der Waals surface area contributed by atoms with E-state index in [1.54, 1.807) is 11.0 Å². The normalized spacial score (nSPS) is 19.8. The number of amides is 2. The minimum atomic E-state index is -0.417. The van der Waals surface area contributed by atoms with Crippen LogP contribution in [0.2, 0.25) is 0 Å². The van der Waals surface area contributed by atoms with Gasteiger partial charge >= 0.3 is 0 Å². The van der Waals surface area contributed by atoms with Crippen LogP contribution < -0.4 is 5.32 Å². The molecule has 1 aliphatic carbocycles. The fourth-order valence-corrected chi connectivity index (χ4v) is 3.63. The number of hydrogen-bond donors (Lipinski definition) is 1. The molecule has 0 unspecified atom stereocenters. The van der Waals surface area contributed by atoms with E-state index in [1.807, 2.05) is 24.4 Å². The average molecular weight is 353 g/mol. The van der Waals surface area contributed by atoms with Crippen molar-refractivity contribution in [2.45, 2.75) is 38.8 Å². The van der Waals surface area contributed by atoms with E-state index in [4.69, 9.17) is 12.2 Å². The third-order valence-corrected chi connectivity index (χ3v) is 4.93. The summed E-state index contributed by atoms with van der Waals surface area (Å²) in [6, 6.07) is 8.17. The summed E-state index contributed by atoms with van der Waals surface area (Å²) in [4.78, 5) is 26.7. The lowest BCUT2D eigenvalue weighted by molar-refractivity contribution is -0.129. The van der Waals surface area contributed by atoms with E-state index in [9.17, 15) is 9.59 Å². The standard InChI is InChI=1S/C19H19N3O2S/c1-2-9-21-11-12(14-5-3-4-6-16(14)21)10-15-17(23)20-19(25)22(18(15)24)13-7-8-13/h3-6,10-11,13H,2,7-9H2,1H3,(H,20,23,25)/b15-10-. The minimum Gasteiger partial charge on any atom is -0.347 e. The maximum Gasteiger partial charge on any atom is 0.265 e. The molecule has 2 fully saturated rings. The molecule has 2 heterocycles. The van der Waals surface area contributed by atoms with E-state index >= 15 is 0 Å². The second-order valence-corrected chi connectivity index (χ2v) is 6.91. The molecule has 0 bridgehead atoms. The Morgan fingerprint density at radius 2 is 2.04 bits per heavy atom. The number of hydrogen-bond acceptors (Lipinski definition) is 3. The number of carbonyl (C=O) groups excluding carboxylic acids is 2. The summed E-state index contributed by atoms with van der Waals surface area (Å²) in [7, 11) is 0. The summed E-state index contributed by atoms with van der Waals surface area (Å²) in [5.74, 6) is -0.706. The molecule has 0 spiro atoms. The van der Waals surface area contributed by atoms with Gasteiger partial charge in [0, 0.05) is 35.2 Å². The van der Waals surface area contributed by atoms with Crippen molar-refractivity contribution in [3.05, 3.63) is 41.6 Å². The van der Waals surface area contributed by atoms with E-state index in [0.29, 0.717) is 0 Å². The first kappa shape index (κ1) is 16.0. The maximum atomic E-state index is 12.8. The van der Waals surface area contributed by atoms with Gasteiger partial charge in [-0.15, -0.1) is 0 Å². The second kappa shape index (κ2) is 6.11. The highest BCUT2D eigenvalue weighted by atomic mass is 32.1. The van der Waals surface area contributed by atoms with Gasteiger partial charge in [-0.3, -0.25) is 19.8 Å². The van der Waals surface area contributed by atoms with Crippen molar-refractivity contribution in [1.82, 2.24) is 14.8 Å². The van der Waals surface area contributed by atoms with Crippen LogP contribution in [0.1, 0.15) is 31.7 Å². The fraction of sp³-hybridized carbons (Fsp3) is 0.316. The van der Waals surface area contributed by atoms with Gasteiger partial charge in [-0.25, -0.2) is 0 Å².